The molecule has 0 aliphatic rings. The average Bonchev–Trinajstić information content (AvgIpc) is 3.22. The van der Waals surface area contributed by atoms with Crippen LogP contribution in [0.2, 0.25) is 0 Å². The van der Waals surface area contributed by atoms with Gasteiger partial charge in [0.1, 0.15) is 17.5 Å². The summed E-state index contributed by atoms with van der Waals surface area (Å²) in [5.74, 6) is -0.396. The van der Waals surface area contributed by atoms with E-state index in [9.17, 15) is 14.0 Å². The summed E-state index contributed by atoms with van der Waals surface area (Å²) in [6.45, 7) is 5.35. The number of hydrogen-bond acceptors (Lipinski definition) is 5. The molecule has 0 saturated heterocycles. The fourth-order valence-electron chi connectivity index (χ4n) is 3.57. The van der Waals surface area contributed by atoms with Gasteiger partial charge >= 0.3 is 0 Å². The van der Waals surface area contributed by atoms with Gasteiger partial charge in [-0.05, 0) is 35.4 Å². The highest BCUT2D eigenvalue weighted by atomic mass is 32.2. The van der Waals surface area contributed by atoms with Crippen molar-refractivity contribution in [3.63, 3.8) is 0 Å². The van der Waals surface area contributed by atoms with E-state index in [0.717, 1.165) is 11.1 Å². The van der Waals surface area contributed by atoms with E-state index in [4.69, 9.17) is 0 Å². The molecule has 1 N–H and O–H groups in total. The zero-order chi connectivity index (χ0) is 24.1. The molecule has 0 aliphatic carbocycles. The molecule has 0 radical (unpaired) electrons. The van der Waals surface area contributed by atoms with E-state index in [0.29, 0.717) is 42.3 Å². The number of amides is 1. The molecule has 4 aromatic rings. The number of fused-ring (bicyclic) bond motifs is 1. The highest BCUT2D eigenvalue weighted by molar-refractivity contribution is 7.99. The number of nitrogens with zero attached hydrogens (tertiary/aromatic N) is 4. The maximum Gasteiger partial charge on any atom is 0.264 e. The molecule has 176 valence electrons. The molecule has 0 atom stereocenters. The molecular weight excluding hydrogens is 453 g/mol. The van der Waals surface area contributed by atoms with Gasteiger partial charge in [0.15, 0.2) is 5.65 Å². The lowest BCUT2D eigenvalue weighted by Crippen LogP contribution is -2.29. The van der Waals surface area contributed by atoms with Crippen LogP contribution in [0, 0.1) is 5.82 Å². The lowest BCUT2D eigenvalue weighted by atomic mass is 10.1. The first-order chi connectivity index (χ1) is 16.4. The fourth-order valence-corrected chi connectivity index (χ4v) is 4.40. The normalized spacial score (nSPS) is 11.3. The third-order valence-electron chi connectivity index (χ3n) is 5.19. The minimum Gasteiger partial charge on any atom is -0.354 e. The summed E-state index contributed by atoms with van der Waals surface area (Å²) in [7, 11) is 0. The number of halogens is 1. The summed E-state index contributed by atoms with van der Waals surface area (Å²) in [5.41, 5.74) is 2.00. The number of benzene rings is 2. The van der Waals surface area contributed by atoms with E-state index < -0.39 is 0 Å². The van der Waals surface area contributed by atoms with Crippen molar-refractivity contribution in [2.45, 2.75) is 43.5 Å². The predicted molar refractivity (Wildman–Crippen MR) is 131 cm³/mol. The van der Waals surface area contributed by atoms with E-state index in [1.54, 1.807) is 28.6 Å². The Morgan fingerprint density at radius 2 is 1.79 bits per heavy atom. The molecule has 34 heavy (non-hydrogen) atoms. The number of rotatable bonds is 9. The van der Waals surface area contributed by atoms with Crippen molar-refractivity contribution in [1.29, 1.82) is 0 Å². The lowest BCUT2D eigenvalue weighted by Gasteiger charge is -2.08. The summed E-state index contributed by atoms with van der Waals surface area (Å²) < 4.78 is 16.2. The minimum atomic E-state index is -0.323. The van der Waals surface area contributed by atoms with Crippen LogP contribution in [0.25, 0.3) is 11.0 Å². The highest BCUT2D eigenvalue weighted by Crippen LogP contribution is 2.23. The molecule has 9 heteroatoms. The summed E-state index contributed by atoms with van der Waals surface area (Å²) >= 11 is 1.79. The van der Waals surface area contributed by atoms with Gasteiger partial charge in [-0.15, -0.1) is 11.8 Å². The number of nitrogens with one attached hydrogen (secondary N) is 1. The number of carbonyl (C=O) groups is 1. The summed E-state index contributed by atoms with van der Waals surface area (Å²) in [4.78, 5) is 30.7. The third-order valence-corrected chi connectivity index (χ3v) is 6.21. The van der Waals surface area contributed by atoms with Crippen LogP contribution in [0.4, 0.5) is 4.39 Å². The second kappa shape index (κ2) is 10.6. The van der Waals surface area contributed by atoms with E-state index >= 15 is 0 Å². The Labute approximate surface area is 201 Å². The zero-order valence-electron chi connectivity index (χ0n) is 19.1. The molecule has 1 amide bonds. The number of aromatic nitrogens is 4. The summed E-state index contributed by atoms with van der Waals surface area (Å²) in [6.07, 6.45) is 3.26. The Morgan fingerprint density at radius 3 is 2.50 bits per heavy atom. The SMILES string of the molecule is CC(C)Sc1ccc(CC(=O)NCCn2ncc3c(=O)n(Cc4ccc(F)cc4)cnc32)cc1. The van der Waals surface area contributed by atoms with Gasteiger partial charge < -0.3 is 5.32 Å². The smallest absolute Gasteiger partial charge is 0.264 e. The topological polar surface area (TPSA) is 81.8 Å². The molecule has 0 aliphatic heterocycles. The van der Waals surface area contributed by atoms with Crippen molar-refractivity contribution in [2.24, 2.45) is 0 Å². The van der Waals surface area contributed by atoms with Gasteiger partial charge in [-0.3, -0.25) is 14.2 Å². The van der Waals surface area contributed by atoms with Crippen LogP contribution in [0.15, 0.2) is 70.7 Å². The lowest BCUT2D eigenvalue weighted by molar-refractivity contribution is -0.120. The molecule has 4 rings (SSSR count). The summed E-state index contributed by atoms with van der Waals surface area (Å²) in [6, 6.07) is 14.0. The van der Waals surface area contributed by atoms with Gasteiger partial charge in [0.25, 0.3) is 5.56 Å². The van der Waals surface area contributed by atoms with Crippen molar-refractivity contribution in [1.82, 2.24) is 24.6 Å². The Bertz CT molecular complexity index is 1330. The minimum absolute atomic E-state index is 0.0738. The first-order valence-electron chi connectivity index (χ1n) is 11.1. The fraction of sp³-hybridized carbons (Fsp3) is 0.280. The van der Waals surface area contributed by atoms with E-state index in [2.05, 4.69) is 29.2 Å². The predicted octanol–water partition coefficient (Wildman–Crippen LogP) is 3.64. The Kier molecular flexibility index (Phi) is 7.42. The van der Waals surface area contributed by atoms with Crippen molar-refractivity contribution in [2.75, 3.05) is 6.54 Å². The second-order valence-corrected chi connectivity index (χ2v) is 9.90. The van der Waals surface area contributed by atoms with Crippen molar-refractivity contribution >= 4 is 28.7 Å². The second-order valence-electron chi connectivity index (χ2n) is 8.25. The van der Waals surface area contributed by atoms with E-state index in [-0.39, 0.29) is 17.3 Å². The number of thioether (sulfide) groups is 1. The first-order valence-corrected chi connectivity index (χ1v) is 11.9. The highest BCUT2D eigenvalue weighted by Gasteiger charge is 2.11. The molecule has 0 unspecified atom stereocenters. The van der Waals surface area contributed by atoms with Gasteiger partial charge in [0.2, 0.25) is 5.91 Å². The molecule has 0 fully saturated rings. The molecule has 2 aromatic carbocycles. The van der Waals surface area contributed by atoms with Crippen LogP contribution in [-0.4, -0.2) is 37.0 Å². The van der Waals surface area contributed by atoms with Gasteiger partial charge in [0.05, 0.1) is 25.7 Å². The van der Waals surface area contributed by atoms with Crippen LogP contribution in [0.3, 0.4) is 0 Å². The van der Waals surface area contributed by atoms with Crippen molar-refractivity contribution in [3.05, 3.63) is 88.4 Å². The van der Waals surface area contributed by atoms with Gasteiger partial charge in [-0.1, -0.05) is 38.1 Å². The molecule has 2 heterocycles. The van der Waals surface area contributed by atoms with Crippen LogP contribution in [0.5, 0.6) is 0 Å². The third kappa shape index (κ3) is 5.91. The van der Waals surface area contributed by atoms with Crippen LogP contribution in [0.1, 0.15) is 25.0 Å². The van der Waals surface area contributed by atoms with Crippen LogP contribution in [-0.2, 0) is 24.3 Å². The molecule has 2 aromatic heterocycles. The average molecular weight is 480 g/mol. The van der Waals surface area contributed by atoms with Crippen molar-refractivity contribution < 1.29 is 9.18 Å². The number of carbonyl (C=O) groups excluding carboxylic acids is 1. The monoisotopic (exact) mass is 479 g/mol. The summed E-state index contributed by atoms with van der Waals surface area (Å²) in [5, 5.41) is 8.08. The largest absolute Gasteiger partial charge is 0.354 e. The van der Waals surface area contributed by atoms with Crippen molar-refractivity contribution in [3.8, 4) is 0 Å². The van der Waals surface area contributed by atoms with Gasteiger partial charge in [-0.25, -0.2) is 14.1 Å². The van der Waals surface area contributed by atoms with Gasteiger partial charge in [0, 0.05) is 16.7 Å². The Morgan fingerprint density at radius 1 is 1.09 bits per heavy atom. The first kappa shape index (κ1) is 23.7. The molecule has 0 saturated carbocycles. The maximum absolute atomic E-state index is 13.1. The molecule has 0 bridgehead atoms. The quantitative estimate of drug-likeness (QED) is 0.371. The molecular formula is C25H26FN5O2S. The standard InChI is InChI=1S/C25H26FN5O2S/c1-17(2)34-21-9-5-18(6-10-21)13-23(32)27-11-12-31-24-22(14-29-31)25(33)30(16-28-24)15-19-3-7-20(26)8-4-19/h3-10,14,16-17H,11-13,15H2,1-2H3,(H,27,32). The zero-order valence-corrected chi connectivity index (χ0v) is 19.9. The molecule has 7 nitrogen and oxygen atoms in total. The van der Waals surface area contributed by atoms with Crippen LogP contribution >= 0.6 is 11.8 Å². The number of hydrogen-bond donors (Lipinski definition) is 1. The Hall–Kier alpha value is -3.46. The van der Waals surface area contributed by atoms with Crippen LogP contribution < -0.4 is 10.9 Å². The van der Waals surface area contributed by atoms with E-state index in [1.807, 2.05) is 24.3 Å². The maximum atomic E-state index is 13.1. The molecule has 0 spiro atoms. The Balaban J connectivity index is 1.33. The van der Waals surface area contributed by atoms with Gasteiger partial charge in [-0.2, -0.15) is 5.10 Å². The van der Waals surface area contributed by atoms with E-state index in [1.165, 1.54) is 34.1 Å².